The molecule has 3 rings (SSSR count). The minimum absolute atomic E-state index is 0.317. The molecule has 1 aromatic rings. The van der Waals surface area contributed by atoms with Crippen LogP contribution in [0.1, 0.15) is 40.5 Å². The summed E-state index contributed by atoms with van der Waals surface area (Å²) in [7, 11) is 1.85. The Morgan fingerprint density at radius 3 is 2.38 bits per heavy atom. The van der Waals surface area contributed by atoms with Crippen LogP contribution in [0.5, 0.6) is 5.75 Å². The first-order valence-electron chi connectivity index (χ1n) is 9.04. The third kappa shape index (κ3) is 3.79. The molecule has 0 spiro atoms. The van der Waals surface area contributed by atoms with Gasteiger partial charge in [-0.25, -0.2) is 0 Å². The van der Waals surface area contributed by atoms with Crippen LogP contribution >= 0.6 is 0 Å². The molecule has 2 fully saturated rings. The summed E-state index contributed by atoms with van der Waals surface area (Å²) in [6, 6.07) is 8.13. The molecule has 5 heteroatoms. The van der Waals surface area contributed by atoms with Crippen molar-refractivity contribution in [2.24, 2.45) is 5.92 Å². The van der Waals surface area contributed by atoms with Gasteiger partial charge in [0, 0.05) is 0 Å². The molecule has 0 amide bonds. The standard InChI is InChI=1S/C19H30BNO3/c1-18(2)19(3,4)24-20(23-18)16-7-6-8-17(13-16)22-14-15-9-11-21(5)12-10-15/h6-8,13,15H,9-12,14H2,1-5H3. The third-order valence-electron chi connectivity index (χ3n) is 5.71. The number of likely N-dealkylation sites (tertiary alicyclic amines) is 1. The first-order valence-corrected chi connectivity index (χ1v) is 9.04. The van der Waals surface area contributed by atoms with E-state index in [1.165, 1.54) is 25.9 Å². The molecule has 0 bridgehead atoms. The van der Waals surface area contributed by atoms with Crippen LogP contribution in [-0.4, -0.2) is 50.0 Å². The van der Waals surface area contributed by atoms with E-state index in [-0.39, 0.29) is 18.3 Å². The van der Waals surface area contributed by atoms with Gasteiger partial charge in [-0.15, -0.1) is 0 Å². The number of piperidine rings is 1. The van der Waals surface area contributed by atoms with Gasteiger partial charge in [-0.2, -0.15) is 0 Å². The second kappa shape index (κ2) is 6.70. The minimum Gasteiger partial charge on any atom is -0.493 e. The lowest BCUT2D eigenvalue weighted by Gasteiger charge is -2.32. The first-order chi connectivity index (χ1) is 11.3. The van der Waals surface area contributed by atoms with Gasteiger partial charge in [0.15, 0.2) is 0 Å². The molecule has 24 heavy (non-hydrogen) atoms. The predicted octanol–water partition coefficient (Wildman–Crippen LogP) is 2.71. The molecule has 0 radical (unpaired) electrons. The van der Waals surface area contributed by atoms with Crippen LogP contribution in [0.2, 0.25) is 0 Å². The maximum Gasteiger partial charge on any atom is 0.494 e. The highest BCUT2D eigenvalue weighted by Gasteiger charge is 2.51. The Bertz CT molecular complexity index is 551. The molecule has 2 aliphatic rings. The maximum atomic E-state index is 6.13. The van der Waals surface area contributed by atoms with Crippen LogP contribution in [0.15, 0.2) is 24.3 Å². The summed E-state index contributed by atoms with van der Waals surface area (Å²) in [6.07, 6.45) is 2.43. The number of rotatable bonds is 4. The second-order valence-electron chi connectivity index (χ2n) is 8.22. The number of ether oxygens (including phenoxy) is 1. The molecule has 132 valence electrons. The summed E-state index contributed by atoms with van der Waals surface area (Å²) in [4.78, 5) is 2.38. The van der Waals surface area contributed by atoms with Crippen LogP contribution in [0, 0.1) is 5.92 Å². The highest BCUT2D eigenvalue weighted by atomic mass is 16.7. The number of hydrogen-bond donors (Lipinski definition) is 0. The topological polar surface area (TPSA) is 30.9 Å². The van der Waals surface area contributed by atoms with Gasteiger partial charge in [0.05, 0.1) is 17.8 Å². The zero-order valence-corrected chi connectivity index (χ0v) is 15.7. The number of benzene rings is 1. The summed E-state index contributed by atoms with van der Waals surface area (Å²) >= 11 is 0. The third-order valence-corrected chi connectivity index (χ3v) is 5.71. The van der Waals surface area contributed by atoms with Crippen LogP contribution in [0.4, 0.5) is 0 Å². The molecule has 2 aliphatic heterocycles. The molecule has 0 atom stereocenters. The van der Waals surface area contributed by atoms with E-state index in [0.29, 0.717) is 5.92 Å². The van der Waals surface area contributed by atoms with Gasteiger partial charge in [0.1, 0.15) is 5.75 Å². The molecule has 0 aliphatic carbocycles. The summed E-state index contributed by atoms with van der Waals surface area (Å²) in [5, 5.41) is 0. The maximum absolute atomic E-state index is 6.13. The van der Waals surface area contributed by atoms with E-state index in [1.807, 2.05) is 18.2 Å². The average molecular weight is 331 g/mol. The first kappa shape index (κ1) is 17.8. The van der Waals surface area contributed by atoms with Gasteiger partial charge in [-0.05, 0) is 84.2 Å². The fourth-order valence-electron chi connectivity index (χ4n) is 3.17. The zero-order chi connectivity index (χ0) is 17.4. The lowest BCUT2D eigenvalue weighted by molar-refractivity contribution is 0.00578. The van der Waals surface area contributed by atoms with Crippen molar-refractivity contribution in [3.05, 3.63) is 24.3 Å². The van der Waals surface area contributed by atoms with Crippen LogP contribution in [0.25, 0.3) is 0 Å². The molecule has 2 saturated heterocycles. The van der Waals surface area contributed by atoms with Gasteiger partial charge in [-0.3, -0.25) is 0 Å². The molecule has 1 aromatic carbocycles. The second-order valence-corrected chi connectivity index (χ2v) is 8.22. The fourth-order valence-corrected chi connectivity index (χ4v) is 3.17. The smallest absolute Gasteiger partial charge is 0.493 e. The molecule has 0 unspecified atom stereocenters. The van der Waals surface area contributed by atoms with Crippen molar-refractivity contribution in [3.8, 4) is 5.75 Å². The largest absolute Gasteiger partial charge is 0.494 e. The molecule has 0 N–H and O–H groups in total. The summed E-state index contributed by atoms with van der Waals surface area (Å²) in [5.41, 5.74) is 0.389. The molecule has 0 saturated carbocycles. The van der Waals surface area contributed by atoms with Crippen molar-refractivity contribution in [2.75, 3.05) is 26.7 Å². The average Bonchev–Trinajstić information content (AvgIpc) is 2.75. The lowest BCUT2D eigenvalue weighted by Crippen LogP contribution is -2.41. The molecule has 0 aromatic heterocycles. The van der Waals surface area contributed by atoms with E-state index in [2.05, 4.69) is 45.7 Å². The van der Waals surface area contributed by atoms with Crippen LogP contribution < -0.4 is 10.2 Å². The lowest BCUT2D eigenvalue weighted by atomic mass is 9.79. The quantitative estimate of drug-likeness (QED) is 0.794. The van der Waals surface area contributed by atoms with Gasteiger partial charge in [0.2, 0.25) is 0 Å². The summed E-state index contributed by atoms with van der Waals surface area (Å²) in [5.74, 6) is 1.56. The molecule has 2 heterocycles. The van der Waals surface area contributed by atoms with E-state index in [1.54, 1.807) is 0 Å². The van der Waals surface area contributed by atoms with Crippen molar-refractivity contribution in [3.63, 3.8) is 0 Å². The van der Waals surface area contributed by atoms with Gasteiger partial charge < -0.3 is 18.9 Å². The van der Waals surface area contributed by atoms with Crippen LogP contribution in [-0.2, 0) is 9.31 Å². The van der Waals surface area contributed by atoms with Crippen molar-refractivity contribution in [2.45, 2.75) is 51.7 Å². The summed E-state index contributed by atoms with van der Waals surface area (Å²) in [6.45, 7) is 11.4. The fraction of sp³-hybridized carbons (Fsp3) is 0.684. The van der Waals surface area contributed by atoms with E-state index >= 15 is 0 Å². The highest BCUT2D eigenvalue weighted by Crippen LogP contribution is 2.36. The number of nitrogens with zero attached hydrogens (tertiary/aromatic N) is 1. The Kier molecular flexibility index (Phi) is 4.96. The monoisotopic (exact) mass is 331 g/mol. The Morgan fingerprint density at radius 2 is 1.75 bits per heavy atom. The Labute approximate surface area is 146 Å². The van der Waals surface area contributed by atoms with Gasteiger partial charge in [-0.1, -0.05) is 12.1 Å². The van der Waals surface area contributed by atoms with Gasteiger partial charge in [0.25, 0.3) is 0 Å². The SMILES string of the molecule is CN1CCC(COc2cccc(B3OC(C)(C)C(C)(C)O3)c2)CC1. The summed E-state index contributed by atoms with van der Waals surface area (Å²) < 4.78 is 18.3. The van der Waals surface area contributed by atoms with E-state index in [4.69, 9.17) is 14.0 Å². The van der Waals surface area contributed by atoms with Crippen molar-refractivity contribution >= 4 is 12.6 Å². The van der Waals surface area contributed by atoms with Crippen molar-refractivity contribution in [1.29, 1.82) is 0 Å². The highest BCUT2D eigenvalue weighted by molar-refractivity contribution is 6.62. The van der Waals surface area contributed by atoms with Crippen molar-refractivity contribution < 1.29 is 14.0 Å². The Balaban J connectivity index is 1.61. The van der Waals surface area contributed by atoms with E-state index < -0.39 is 0 Å². The van der Waals surface area contributed by atoms with E-state index in [0.717, 1.165) is 17.8 Å². The Hall–Kier alpha value is -1.04. The Morgan fingerprint density at radius 1 is 1.12 bits per heavy atom. The molecular formula is C19H30BNO3. The molecule has 4 nitrogen and oxygen atoms in total. The van der Waals surface area contributed by atoms with Crippen LogP contribution in [0.3, 0.4) is 0 Å². The predicted molar refractivity (Wildman–Crippen MR) is 97.9 cm³/mol. The molecular weight excluding hydrogens is 301 g/mol. The van der Waals surface area contributed by atoms with Crippen molar-refractivity contribution in [1.82, 2.24) is 4.90 Å². The number of hydrogen-bond acceptors (Lipinski definition) is 4. The normalized spacial score (nSPS) is 24.3. The minimum atomic E-state index is -0.332. The van der Waals surface area contributed by atoms with Gasteiger partial charge >= 0.3 is 7.12 Å². The zero-order valence-electron chi connectivity index (χ0n) is 15.7. The van der Waals surface area contributed by atoms with E-state index in [9.17, 15) is 0 Å².